The molecule has 13 heavy (non-hydrogen) atoms. The van der Waals surface area contributed by atoms with Crippen LogP contribution in [0.4, 0.5) is 0 Å². The third-order valence-electron chi connectivity index (χ3n) is 1.79. The molecule has 78 valence electrons. The van der Waals surface area contributed by atoms with Crippen LogP contribution in [0.3, 0.4) is 0 Å². The van der Waals surface area contributed by atoms with E-state index in [9.17, 15) is 4.79 Å². The number of carbonyl (C=O) groups is 1. The van der Waals surface area contributed by atoms with Crippen LogP contribution >= 0.6 is 12.6 Å². The zero-order valence-corrected chi connectivity index (χ0v) is 9.48. The molecule has 2 nitrogen and oxygen atoms in total. The highest BCUT2D eigenvalue weighted by Gasteiger charge is 2.04. The van der Waals surface area contributed by atoms with Crippen LogP contribution in [-0.2, 0) is 9.53 Å². The topological polar surface area (TPSA) is 26.3 Å². The molecule has 0 aliphatic rings. The van der Waals surface area contributed by atoms with Gasteiger partial charge < -0.3 is 4.74 Å². The van der Waals surface area contributed by atoms with Crippen LogP contribution in [-0.4, -0.2) is 11.4 Å². The molecule has 0 N–H and O–H groups in total. The van der Waals surface area contributed by atoms with Gasteiger partial charge in [-0.15, -0.1) is 12.6 Å². The van der Waals surface area contributed by atoms with Gasteiger partial charge in [0.15, 0.2) is 0 Å². The number of carbonyl (C=O) groups excluding carboxylic acids is 1. The molecule has 0 saturated heterocycles. The van der Waals surface area contributed by atoms with Gasteiger partial charge in [0.25, 0.3) is 0 Å². The van der Waals surface area contributed by atoms with Gasteiger partial charge in [0.05, 0.1) is 0 Å². The van der Waals surface area contributed by atoms with Gasteiger partial charge in [0.1, 0.15) is 5.44 Å². The van der Waals surface area contributed by atoms with E-state index in [4.69, 9.17) is 4.74 Å². The van der Waals surface area contributed by atoms with Gasteiger partial charge in [-0.25, -0.2) is 0 Å². The van der Waals surface area contributed by atoms with Crippen molar-refractivity contribution in [3.8, 4) is 0 Å². The highest BCUT2D eigenvalue weighted by molar-refractivity contribution is 7.80. The molecule has 0 aliphatic heterocycles. The Labute approximate surface area is 86.5 Å². The second-order valence-corrected chi connectivity index (χ2v) is 3.98. The lowest BCUT2D eigenvalue weighted by Gasteiger charge is -2.06. The van der Waals surface area contributed by atoms with Crippen molar-refractivity contribution in [3.05, 3.63) is 0 Å². The minimum Gasteiger partial charge on any atom is -0.452 e. The molecule has 0 aromatic heterocycles. The van der Waals surface area contributed by atoms with Crippen LogP contribution < -0.4 is 0 Å². The number of thiol groups is 1. The summed E-state index contributed by atoms with van der Waals surface area (Å²) in [4.78, 5) is 11.0. The summed E-state index contributed by atoms with van der Waals surface area (Å²) >= 11 is 3.97. The van der Waals surface area contributed by atoms with Crippen LogP contribution in [0.2, 0.25) is 0 Å². The summed E-state index contributed by atoms with van der Waals surface area (Å²) in [5, 5.41) is 0. The average Bonchev–Trinajstić information content (AvgIpc) is 2.02. The minimum atomic E-state index is -0.275. The normalized spacial score (nSPS) is 12.5. The van der Waals surface area contributed by atoms with E-state index in [-0.39, 0.29) is 11.4 Å². The van der Waals surface area contributed by atoms with Crippen LogP contribution in [0, 0.1) is 0 Å². The lowest BCUT2D eigenvalue weighted by atomic mass is 10.1. The molecule has 0 spiro atoms. The highest BCUT2D eigenvalue weighted by Crippen LogP contribution is 2.07. The van der Waals surface area contributed by atoms with E-state index in [0.717, 1.165) is 12.8 Å². The lowest BCUT2D eigenvalue weighted by Crippen LogP contribution is -2.08. The number of hydrogen-bond acceptors (Lipinski definition) is 3. The van der Waals surface area contributed by atoms with E-state index in [1.165, 1.54) is 19.3 Å². The van der Waals surface area contributed by atoms with E-state index < -0.39 is 0 Å². The summed E-state index contributed by atoms with van der Waals surface area (Å²) in [6, 6.07) is 0. The summed E-state index contributed by atoms with van der Waals surface area (Å²) < 4.78 is 4.88. The fourth-order valence-corrected chi connectivity index (χ4v) is 1.24. The highest BCUT2D eigenvalue weighted by atomic mass is 32.1. The molecule has 0 aromatic carbocycles. The largest absolute Gasteiger partial charge is 0.452 e. The van der Waals surface area contributed by atoms with Crippen molar-refractivity contribution in [1.82, 2.24) is 0 Å². The predicted molar refractivity (Wildman–Crippen MR) is 57.9 cm³/mol. The zero-order valence-electron chi connectivity index (χ0n) is 8.58. The van der Waals surface area contributed by atoms with Crippen LogP contribution in [0.5, 0.6) is 0 Å². The monoisotopic (exact) mass is 204 g/mol. The first-order chi connectivity index (χ1) is 6.16. The van der Waals surface area contributed by atoms with Gasteiger partial charge in [-0.1, -0.05) is 32.6 Å². The Morgan fingerprint density at radius 1 is 1.31 bits per heavy atom. The summed E-state index contributed by atoms with van der Waals surface area (Å²) in [5.41, 5.74) is -0.275. The quantitative estimate of drug-likeness (QED) is 0.298. The number of hydrogen-bond donors (Lipinski definition) is 1. The van der Waals surface area contributed by atoms with Crippen molar-refractivity contribution in [2.45, 2.75) is 57.8 Å². The maximum absolute atomic E-state index is 11.0. The minimum absolute atomic E-state index is 0.126. The van der Waals surface area contributed by atoms with Crippen molar-refractivity contribution in [1.29, 1.82) is 0 Å². The van der Waals surface area contributed by atoms with E-state index >= 15 is 0 Å². The first-order valence-corrected chi connectivity index (χ1v) is 5.56. The summed E-state index contributed by atoms with van der Waals surface area (Å²) in [7, 11) is 0. The first kappa shape index (κ1) is 12.8. The van der Waals surface area contributed by atoms with Crippen molar-refractivity contribution >= 4 is 18.6 Å². The fourth-order valence-electron chi connectivity index (χ4n) is 1.12. The molecule has 0 heterocycles. The number of unbranched alkanes of at least 4 members (excludes halogenated alkanes) is 4. The third kappa shape index (κ3) is 9.74. The van der Waals surface area contributed by atoms with Crippen LogP contribution in [0.1, 0.15) is 52.4 Å². The number of esters is 1. The molecular weight excluding hydrogens is 184 g/mol. The molecule has 0 rings (SSSR count). The fraction of sp³-hybridized carbons (Fsp3) is 0.900. The summed E-state index contributed by atoms with van der Waals surface area (Å²) in [6.07, 6.45) is 6.33. The summed E-state index contributed by atoms with van der Waals surface area (Å²) in [5.74, 6) is -0.126. The molecule has 0 amide bonds. The van der Waals surface area contributed by atoms with E-state index in [1.807, 2.05) is 0 Å². The molecular formula is C10H20O2S. The SMILES string of the molecule is CCCCCCCC(=O)OC(C)S. The second kappa shape index (κ2) is 8.42. The van der Waals surface area contributed by atoms with Crippen molar-refractivity contribution < 1.29 is 9.53 Å². The summed E-state index contributed by atoms with van der Waals surface area (Å²) in [6.45, 7) is 3.93. The molecule has 0 saturated carbocycles. The standard InChI is InChI=1S/C10H20O2S/c1-3-4-5-6-7-8-10(11)12-9(2)13/h9,13H,3-8H2,1-2H3. The maximum atomic E-state index is 11.0. The number of ether oxygens (including phenoxy) is 1. The molecule has 0 aliphatic carbocycles. The third-order valence-corrected chi connectivity index (χ3v) is 1.89. The molecule has 0 radical (unpaired) electrons. The van der Waals surface area contributed by atoms with E-state index in [1.54, 1.807) is 6.92 Å². The smallest absolute Gasteiger partial charge is 0.306 e. The Morgan fingerprint density at radius 3 is 2.46 bits per heavy atom. The van der Waals surface area contributed by atoms with Gasteiger partial charge in [0, 0.05) is 6.42 Å². The zero-order chi connectivity index (χ0) is 10.1. The van der Waals surface area contributed by atoms with Gasteiger partial charge in [0.2, 0.25) is 0 Å². The average molecular weight is 204 g/mol. The van der Waals surface area contributed by atoms with Crippen LogP contribution in [0.15, 0.2) is 0 Å². The van der Waals surface area contributed by atoms with E-state index in [2.05, 4.69) is 19.6 Å². The van der Waals surface area contributed by atoms with E-state index in [0.29, 0.717) is 6.42 Å². The van der Waals surface area contributed by atoms with Gasteiger partial charge in [-0.3, -0.25) is 4.79 Å². The van der Waals surface area contributed by atoms with Gasteiger partial charge in [-0.2, -0.15) is 0 Å². The molecule has 0 fully saturated rings. The lowest BCUT2D eigenvalue weighted by molar-refractivity contribution is -0.144. The maximum Gasteiger partial charge on any atom is 0.306 e. The molecule has 3 heteroatoms. The van der Waals surface area contributed by atoms with Crippen molar-refractivity contribution in [3.63, 3.8) is 0 Å². The second-order valence-electron chi connectivity index (χ2n) is 3.25. The van der Waals surface area contributed by atoms with Gasteiger partial charge >= 0.3 is 5.97 Å². The molecule has 0 aromatic rings. The first-order valence-electron chi connectivity index (χ1n) is 5.04. The Morgan fingerprint density at radius 2 is 1.92 bits per heavy atom. The van der Waals surface area contributed by atoms with Crippen LogP contribution in [0.25, 0.3) is 0 Å². The molecule has 1 atom stereocenters. The Bertz CT molecular complexity index is 135. The Hall–Kier alpha value is -0.180. The molecule has 1 unspecified atom stereocenters. The van der Waals surface area contributed by atoms with Crippen molar-refractivity contribution in [2.24, 2.45) is 0 Å². The van der Waals surface area contributed by atoms with Gasteiger partial charge in [-0.05, 0) is 13.3 Å². The number of rotatable bonds is 7. The van der Waals surface area contributed by atoms with Crippen molar-refractivity contribution in [2.75, 3.05) is 0 Å². The Balaban J connectivity index is 3.17. The Kier molecular flexibility index (Phi) is 8.30. The predicted octanol–water partition coefficient (Wildman–Crippen LogP) is 3.17. The molecule has 0 bridgehead atoms.